The summed E-state index contributed by atoms with van der Waals surface area (Å²) in [4.78, 5) is 23.0. The van der Waals surface area contributed by atoms with E-state index in [4.69, 9.17) is 4.74 Å². The topological polar surface area (TPSA) is 124 Å². The first-order valence-electron chi connectivity index (χ1n) is 12.1. The maximum atomic E-state index is 12.2. The van der Waals surface area contributed by atoms with Crippen LogP contribution in [0.3, 0.4) is 0 Å². The van der Waals surface area contributed by atoms with Crippen LogP contribution in [-0.2, 0) is 14.3 Å². The van der Waals surface area contributed by atoms with Gasteiger partial charge in [-0.25, -0.2) is 4.79 Å². The molecule has 0 saturated heterocycles. The van der Waals surface area contributed by atoms with E-state index in [2.05, 4.69) is 6.92 Å². The van der Waals surface area contributed by atoms with Crippen LogP contribution < -0.4 is 0 Å². The lowest BCUT2D eigenvalue weighted by atomic mass is 9.42. The molecule has 0 aromatic rings. The first kappa shape index (κ1) is 22.4. The number of fused-ring (bicyclic) bond motifs is 5. The molecule has 0 amide bonds. The van der Waals surface area contributed by atoms with Gasteiger partial charge in [-0.3, -0.25) is 4.79 Å². The van der Waals surface area contributed by atoms with Crippen molar-refractivity contribution in [2.45, 2.75) is 94.9 Å². The number of aliphatic carboxylic acids is 1. The molecule has 1 aliphatic heterocycles. The summed E-state index contributed by atoms with van der Waals surface area (Å²) in [5.74, 6) is -0.836. The van der Waals surface area contributed by atoms with Crippen molar-refractivity contribution < 1.29 is 34.8 Å². The Kier molecular flexibility index (Phi) is 4.75. The van der Waals surface area contributed by atoms with E-state index >= 15 is 0 Å². The Balaban J connectivity index is 1.44. The fourth-order valence-electron chi connectivity index (χ4n) is 8.88. The van der Waals surface area contributed by atoms with Crippen LogP contribution in [0.1, 0.15) is 78.1 Å². The molecule has 32 heavy (non-hydrogen) atoms. The molecule has 5 rings (SSSR count). The van der Waals surface area contributed by atoms with Gasteiger partial charge in [-0.05, 0) is 81.0 Å². The summed E-state index contributed by atoms with van der Waals surface area (Å²) in [6, 6.07) is 0. The zero-order valence-electron chi connectivity index (χ0n) is 19.1. The van der Waals surface area contributed by atoms with Gasteiger partial charge in [0.15, 0.2) is 0 Å². The van der Waals surface area contributed by atoms with Crippen molar-refractivity contribution in [3.8, 4) is 0 Å². The molecule has 8 atom stereocenters. The molecule has 0 radical (unpaired) electrons. The van der Waals surface area contributed by atoms with Gasteiger partial charge in [0.25, 0.3) is 0 Å². The van der Waals surface area contributed by atoms with Crippen LogP contribution >= 0.6 is 0 Å². The molecule has 7 heteroatoms. The SMILES string of the molecule is C[C@]12CC[C@@](O)(CC(=O)O)C[C@H]1CC[C@@H]1[C@@H]2CC[C@]2(C)[C@@](O)(C3=CC(=O)OC3)CC[C@]12O. The van der Waals surface area contributed by atoms with E-state index in [1.165, 1.54) is 6.08 Å². The van der Waals surface area contributed by atoms with E-state index in [-0.39, 0.29) is 36.2 Å². The molecule has 178 valence electrons. The zero-order valence-corrected chi connectivity index (χ0v) is 19.1. The largest absolute Gasteiger partial charge is 0.481 e. The molecular weight excluding hydrogens is 412 g/mol. The second kappa shape index (κ2) is 6.80. The van der Waals surface area contributed by atoms with Gasteiger partial charge in [-0.2, -0.15) is 0 Å². The summed E-state index contributed by atoms with van der Waals surface area (Å²) < 4.78 is 5.10. The highest BCUT2D eigenvalue weighted by molar-refractivity contribution is 5.86. The van der Waals surface area contributed by atoms with Gasteiger partial charge in [0.05, 0.1) is 23.2 Å². The number of hydrogen-bond acceptors (Lipinski definition) is 6. The number of carbonyl (C=O) groups is 2. The van der Waals surface area contributed by atoms with Crippen molar-refractivity contribution in [3.05, 3.63) is 11.6 Å². The first-order valence-corrected chi connectivity index (χ1v) is 12.1. The van der Waals surface area contributed by atoms with Crippen LogP contribution in [0.2, 0.25) is 0 Å². The van der Waals surface area contributed by atoms with Crippen LogP contribution in [0.15, 0.2) is 11.6 Å². The highest BCUT2D eigenvalue weighted by Crippen LogP contribution is 2.71. The summed E-state index contributed by atoms with van der Waals surface area (Å²) in [5.41, 5.74) is -3.63. The molecule has 4 fully saturated rings. The third kappa shape index (κ3) is 2.77. The number of rotatable bonds is 3. The number of hydrogen-bond donors (Lipinski definition) is 4. The number of carboxylic acid groups (broad SMARTS) is 1. The predicted molar refractivity (Wildman–Crippen MR) is 114 cm³/mol. The first-order chi connectivity index (χ1) is 14.9. The second-order valence-corrected chi connectivity index (χ2v) is 11.9. The van der Waals surface area contributed by atoms with Crippen molar-refractivity contribution in [3.63, 3.8) is 0 Å². The van der Waals surface area contributed by atoms with E-state index in [1.807, 2.05) is 6.92 Å². The van der Waals surface area contributed by atoms with E-state index < -0.39 is 34.2 Å². The smallest absolute Gasteiger partial charge is 0.331 e. The molecule has 0 aromatic heterocycles. The number of esters is 1. The molecule has 4 N–H and O–H groups in total. The molecule has 4 aliphatic carbocycles. The normalized spacial score (nSPS) is 52.5. The van der Waals surface area contributed by atoms with Gasteiger partial charge in [0, 0.05) is 17.1 Å². The van der Waals surface area contributed by atoms with Gasteiger partial charge >= 0.3 is 11.9 Å². The van der Waals surface area contributed by atoms with E-state index in [0.29, 0.717) is 37.7 Å². The third-order valence-corrected chi connectivity index (χ3v) is 10.8. The van der Waals surface area contributed by atoms with E-state index in [9.17, 15) is 30.0 Å². The quantitative estimate of drug-likeness (QED) is 0.489. The Morgan fingerprint density at radius 2 is 1.78 bits per heavy atom. The predicted octanol–water partition coefficient (Wildman–Crippen LogP) is 2.56. The van der Waals surface area contributed by atoms with Crippen molar-refractivity contribution in [2.24, 2.45) is 28.6 Å². The fourth-order valence-corrected chi connectivity index (χ4v) is 8.88. The molecule has 5 aliphatic rings. The van der Waals surface area contributed by atoms with Crippen molar-refractivity contribution >= 4 is 11.9 Å². The van der Waals surface area contributed by atoms with Crippen LogP contribution in [0.5, 0.6) is 0 Å². The maximum absolute atomic E-state index is 12.2. The number of carboxylic acids is 1. The summed E-state index contributed by atoms with van der Waals surface area (Å²) in [5, 5.41) is 44.2. The standard InChI is InChI=1S/C25H36O7/c1-21-7-8-23(29,13-19(26)27)12-15(21)3-4-18-17(21)5-6-22(2)24(30,9-10-25(18,22)31)16-11-20(28)32-14-16/h11,15,17-18,29-31H,3-10,12-14H2,1-2H3,(H,26,27)/t15-,17+,18-,21+,22-,23+,24+,25+/m1/s1. The zero-order chi connectivity index (χ0) is 23.2. The van der Waals surface area contributed by atoms with Gasteiger partial charge in [0.2, 0.25) is 0 Å². The average Bonchev–Trinajstić information content (AvgIpc) is 3.24. The minimum Gasteiger partial charge on any atom is -0.481 e. The minimum atomic E-state index is -1.25. The van der Waals surface area contributed by atoms with Crippen LogP contribution in [0.25, 0.3) is 0 Å². The lowest BCUT2D eigenvalue weighted by molar-refractivity contribution is -0.234. The van der Waals surface area contributed by atoms with Gasteiger partial charge in [-0.1, -0.05) is 13.8 Å². The van der Waals surface area contributed by atoms with Crippen LogP contribution in [-0.4, -0.2) is 55.8 Å². The van der Waals surface area contributed by atoms with Gasteiger partial charge in [0.1, 0.15) is 6.61 Å². The van der Waals surface area contributed by atoms with Crippen molar-refractivity contribution in [2.75, 3.05) is 6.61 Å². The Morgan fingerprint density at radius 3 is 2.44 bits per heavy atom. The van der Waals surface area contributed by atoms with Crippen molar-refractivity contribution in [1.82, 2.24) is 0 Å². The number of aliphatic hydroxyl groups is 3. The molecule has 7 nitrogen and oxygen atoms in total. The highest BCUT2D eigenvalue weighted by atomic mass is 16.5. The second-order valence-electron chi connectivity index (χ2n) is 11.9. The molecule has 1 heterocycles. The van der Waals surface area contributed by atoms with Crippen LogP contribution in [0.4, 0.5) is 0 Å². The van der Waals surface area contributed by atoms with E-state index in [1.54, 1.807) is 0 Å². The fraction of sp³-hybridized carbons (Fsp3) is 0.840. The summed E-state index contributed by atoms with van der Waals surface area (Å²) in [6.45, 7) is 4.35. The number of cyclic esters (lactones) is 1. The average molecular weight is 449 g/mol. The lowest BCUT2D eigenvalue weighted by Crippen LogP contribution is -2.66. The lowest BCUT2D eigenvalue weighted by Gasteiger charge is -2.65. The number of carbonyl (C=O) groups excluding carboxylic acids is 1. The Bertz CT molecular complexity index is 884. The van der Waals surface area contributed by atoms with E-state index in [0.717, 1.165) is 25.7 Å². The molecular formula is C25H36O7. The monoisotopic (exact) mass is 448 g/mol. The van der Waals surface area contributed by atoms with Crippen LogP contribution in [0, 0.1) is 28.6 Å². The maximum Gasteiger partial charge on any atom is 0.331 e. The molecule has 4 saturated carbocycles. The van der Waals surface area contributed by atoms with Gasteiger partial charge in [-0.15, -0.1) is 0 Å². The molecule has 0 bridgehead atoms. The molecule has 0 unspecified atom stereocenters. The minimum absolute atomic E-state index is 0.0424. The molecule has 0 spiro atoms. The summed E-state index contributed by atoms with van der Waals surface area (Å²) in [6.07, 6.45) is 7.04. The van der Waals surface area contributed by atoms with Crippen molar-refractivity contribution in [1.29, 1.82) is 0 Å². The summed E-state index contributed by atoms with van der Waals surface area (Å²) in [7, 11) is 0. The number of ether oxygens (including phenoxy) is 1. The Morgan fingerprint density at radius 1 is 1.03 bits per heavy atom. The Hall–Kier alpha value is -1.44. The highest BCUT2D eigenvalue weighted by Gasteiger charge is 2.72. The summed E-state index contributed by atoms with van der Waals surface area (Å²) >= 11 is 0. The third-order valence-electron chi connectivity index (χ3n) is 10.8. The Labute approximate surface area is 188 Å². The van der Waals surface area contributed by atoms with Gasteiger partial charge < -0.3 is 25.2 Å². The molecule has 0 aromatic carbocycles.